The SMILES string of the molecule is CCCCC(=O)N1CCC(NC(=O)CCc2ccc(F)cc2)CC1. The monoisotopic (exact) mass is 334 g/mol. The van der Waals surface area contributed by atoms with Crippen LogP contribution in [0.4, 0.5) is 4.39 Å². The number of likely N-dealkylation sites (tertiary alicyclic amines) is 1. The van der Waals surface area contributed by atoms with Gasteiger partial charge in [-0.25, -0.2) is 4.39 Å². The Balaban J connectivity index is 1.66. The molecule has 1 aliphatic rings. The third-order valence-electron chi connectivity index (χ3n) is 4.51. The summed E-state index contributed by atoms with van der Waals surface area (Å²) < 4.78 is 12.8. The second-order valence-corrected chi connectivity index (χ2v) is 6.45. The van der Waals surface area contributed by atoms with Gasteiger partial charge in [0.1, 0.15) is 5.82 Å². The molecule has 132 valence electrons. The molecule has 0 atom stereocenters. The van der Waals surface area contributed by atoms with E-state index in [0.717, 1.165) is 44.3 Å². The van der Waals surface area contributed by atoms with Crippen molar-refractivity contribution in [2.24, 2.45) is 0 Å². The topological polar surface area (TPSA) is 49.4 Å². The summed E-state index contributed by atoms with van der Waals surface area (Å²) in [5.41, 5.74) is 0.961. The first-order chi connectivity index (χ1) is 11.6. The number of rotatable bonds is 7. The summed E-state index contributed by atoms with van der Waals surface area (Å²) in [6, 6.07) is 6.41. The predicted molar refractivity (Wildman–Crippen MR) is 92.0 cm³/mol. The fraction of sp³-hybridized carbons (Fsp3) is 0.579. The zero-order valence-corrected chi connectivity index (χ0v) is 14.4. The summed E-state index contributed by atoms with van der Waals surface area (Å²) in [5, 5.41) is 3.05. The maximum Gasteiger partial charge on any atom is 0.222 e. The van der Waals surface area contributed by atoms with Crippen molar-refractivity contribution in [3.05, 3.63) is 35.6 Å². The van der Waals surface area contributed by atoms with Crippen LogP contribution < -0.4 is 5.32 Å². The second kappa shape index (κ2) is 9.40. The number of carbonyl (C=O) groups is 2. The molecule has 1 aliphatic heterocycles. The average Bonchev–Trinajstić information content (AvgIpc) is 2.60. The highest BCUT2D eigenvalue weighted by atomic mass is 19.1. The van der Waals surface area contributed by atoms with Gasteiger partial charge in [-0.15, -0.1) is 0 Å². The fourth-order valence-electron chi connectivity index (χ4n) is 2.97. The molecule has 0 bridgehead atoms. The van der Waals surface area contributed by atoms with Gasteiger partial charge in [-0.3, -0.25) is 9.59 Å². The lowest BCUT2D eigenvalue weighted by Gasteiger charge is -2.32. The average molecular weight is 334 g/mol. The molecule has 1 N–H and O–H groups in total. The van der Waals surface area contributed by atoms with Crippen molar-refractivity contribution in [2.75, 3.05) is 13.1 Å². The molecule has 0 saturated carbocycles. The van der Waals surface area contributed by atoms with Crippen LogP contribution in [0.5, 0.6) is 0 Å². The van der Waals surface area contributed by atoms with Crippen molar-refractivity contribution in [2.45, 2.75) is 57.9 Å². The minimum atomic E-state index is -0.261. The van der Waals surface area contributed by atoms with E-state index in [1.54, 1.807) is 12.1 Å². The molecular weight excluding hydrogens is 307 g/mol. The van der Waals surface area contributed by atoms with Gasteiger partial charge >= 0.3 is 0 Å². The maximum atomic E-state index is 12.8. The van der Waals surface area contributed by atoms with Crippen LogP contribution in [0.3, 0.4) is 0 Å². The van der Waals surface area contributed by atoms with E-state index in [0.29, 0.717) is 19.3 Å². The number of nitrogens with zero attached hydrogens (tertiary/aromatic N) is 1. The standard InChI is InChI=1S/C19H27FN2O2/c1-2-3-4-19(24)22-13-11-17(12-14-22)21-18(23)10-7-15-5-8-16(20)9-6-15/h5-6,8-9,17H,2-4,7,10-14H2,1H3,(H,21,23). The van der Waals surface area contributed by atoms with Crippen LogP contribution in [0.15, 0.2) is 24.3 Å². The van der Waals surface area contributed by atoms with Crippen LogP contribution in [0.2, 0.25) is 0 Å². The molecule has 1 saturated heterocycles. The Morgan fingerprint density at radius 3 is 2.46 bits per heavy atom. The summed E-state index contributed by atoms with van der Waals surface area (Å²) >= 11 is 0. The molecule has 2 amide bonds. The fourth-order valence-corrected chi connectivity index (χ4v) is 2.97. The zero-order chi connectivity index (χ0) is 17.4. The van der Waals surface area contributed by atoms with Gasteiger partial charge < -0.3 is 10.2 Å². The van der Waals surface area contributed by atoms with Gasteiger partial charge in [0.25, 0.3) is 0 Å². The Labute approximate surface area is 143 Å². The number of aryl methyl sites for hydroxylation is 1. The van der Waals surface area contributed by atoms with E-state index in [9.17, 15) is 14.0 Å². The first-order valence-electron chi connectivity index (χ1n) is 8.90. The molecule has 4 nitrogen and oxygen atoms in total. The predicted octanol–water partition coefficient (Wildman–Crippen LogP) is 3.06. The molecule has 1 aromatic carbocycles. The van der Waals surface area contributed by atoms with Gasteiger partial charge in [-0.05, 0) is 43.4 Å². The number of hydrogen-bond acceptors (Lipinski definition) is 2. The van der Waals surface area contributed by atoms with Crippen LogP contribution >= 0.6 is 0 Å². The van der Waals surface area contributed by atoms with Crippen molar-refractivity contribution in [1.29, 1.82) is 0 Å². The molecule has 0 spiro atoms. The summed E-state index contributed by atoms with van der Waals surface area (Å²) in [5.74, 6) is -0.00327. The van der Waals surface area contributed by atoms with E-state index >= 15 is 0 Å². The lowest BCUT2D eigenvalue weighted by atomic mass is 10.0. The highest BCUT2D eigenvalue weighted by molar-refractivity contribution is 5.77. The Bertz CT molecular complexity index is 537. The lowest BCUT2D eigenvalue weighted by Crippen LogP contribution is -2.46. The number of nitrogens with one attached hydrogen (secondary N) is 1. The third kappa shape index (κ3) is 5.95. The molecule has 1 fully saturated rings. The molecule has 24 heavy (non-hydrogen) atoms. The van der Waals surface area contributed by atoms with E-state index in [1.165, 1.54) is 12.1 Å². The normalized spacial score (nSPS) is 15.3. The van der Waals surface area contributed by atoms with Crippen molar-refractivity contribution >= 4 is 11.8 Å². The van der Waals surface area contributed by atoms with Crippen LogP contribution in [-0.4, -0.2) is 35.8 Å². The van der Waals surface area contributed by atoms with Gasteiger partial charge in [-0.1, -0.05) is 25.5 Å². The molecule has 0 unspecified atom stereocenters. The van der Waals surface area contributed by atoms with E-state index in [-0.39, 0.29) is 23.7 Å². The second-order valence-electron chi connectivity index (χ2n) is 6.45. The van der Waals surface area contributed by atoms with Crippen molar-refractivity contribution in [3.8, 4) is 0 Å². The number of hydrogen-bond donors (Lipinski definition) is 1. The minimum Gasteiger partial charge on any atom is -0.353 e. The summed E-state index contributed by atoms with van der Waals surface area (Å²) in [6.45, 7) is 3.54. The lowest BCUT2D eigenvalue weighted by molar-refractivity contribution is -0.132. The van der Waals surface area contributed by atoms with Crippen LogP contribution in [0.25, 0.3) is 0 Å². The molecule has 1 aromatic rings. The van der Waals surface area contributed by atoms with Gasteiger partial charge in [0.15, 0.2) is 0 Å². The first kappa shape index (κ1) is 18.4. The summed E-state index contributed by atoms with van der Waals surface area (Å²) in [4.78, 5) is 25.9. The van der Waals surface area contributed by atoms with E-state index in [2.05, 4.69) is 12.2 Å². The van der Waals surface area contributed by atoms with E-state index < -0.39 is 0 Å². The maximum absolute atomic E-state index is 12.8. The largest absolute Gasteiger partial charge is 0.353 e. The smallest absolute Gasteiger partial charge is 0.222 e. The van der Waals surface area contributed by atoms with Gasteiger partial charge in [0.05, 0.1) is 0 Å². The number of carbonyl (C=O) groups excluding carboxylic acids is 2. The van der Waals surface area contributed by atoms with Gasteiger partial charge in [0, 0.05) is 32.0 Å². The van der Waals surface area contributed by atoms with Crippen LogP contribution in [-0.2, 0) is 16.0 Å². The van der Waals surface area contributed by atoms with Gasteiger partial charge in [0.2, 0.25) is 11.8 Å². The summed E-state index contributed by atoms with van der Waals surface area (Å²) in [6.07, 6.45) is 5.26. The van der Waals surface area contributed by atoms with Crippen molar-refractivity contribution in [3.63, 3.8) is 0 Å². The number of piperidine rings is 1. The Morgan fingerprint density at radius 2 is 1.83 bits per heavy atom. The highest BCUT2D eigenvalue weighted by Gasteiger charge is 2.23. The molecule has 0 aliphatic carbocycles. The molecule has 1 heterocycles. The van der Waals surface area contributed by atoms with Crippen molar-refractivity contribution < 1.29 is 14.0 Å². The Hall–Kier alpha value is -1.91. The molecular formula is C19H27FN2O2. The van der Waals surface area contributed by atoms with Gasteiger partial charge in [-0.2, -0.15) is 0 Å². The number of halogens is 1. The van der Waals surface area contributed by atoms with E-state index in [1.807, 2.05) is 4.90 Å². The van der Waals surface area contributed by atoms with Crippen LogP contribution in [0, 0.1) is 5.82 Å². The first-order valence-corrected chi connectivity index (χ1v) is 8.90. The zero-order valence-electron chi connectivity index (χ0n) is 14.4. The number of unbranched alkanes of at least 4 members (excludes halogenated alkanes) is 1. The van der Waals surface area contributed by atoms with Crippen molar-refractivity contribution in [1.82, 2.24) is 10.2 Å². The Morgan fingerprint density at radius 1 is 1.17 bits per heavy atom. The number of benzene rings is 1. The van der Waals surface area contributed by atoms with E-state index in [4.69, 9.17) is 0 Å². The quantitative estimate of drug-likeness (QED) is 0.833. The third-order valence-corrected chi connectivity index (χ3v) is 4.51. The molecule has 5 heteroatoms. The molecule has 0 aromatic heterocycles. The summed E-state index contributed by atoms with van der Waals surface area (Å²) in [7, 11) is 0. The minimum absolute atomic E-state index is 0.0232. The highest BCUT2D eigenvalue weighted by Crippen LogP contribution is 2.13. The van der Waals surface area contributed by atoms with Crippen LogP contribution in [0.1, 0.15) is 51.0 Å². The molecule has 0 radical (unpaired) electrons. The molecule has 2 rings (SSSR count). The number of amides is 2. The Kier molecular flexibility index (Phi) is 7.22.